The molecule has 3 amide bonds. The smallest absolute Gasteiger partial charge is 0.414 e. The number of alkyl carbamates (subject to hydrolysis) is 1. The summed E-state index contributed by atoms with van der Waals surface area (Å²) >= 11 is 0. The molecule has 0 bridgehead atoms. The van der Waals surface area contributed by atoms with Gasteiger partial charge in [0.1, 0.15) is 17.5 Å². The van der Waals surface area contributed by atoms with Gasteiger partial charge in [-0.3, -0.25) is 9.69 Å². The first kappa shape index (κ1) is 20.9. The van der Waals surface area contributed by atoms with Gasteiger partial charge < -0.3 is 19.7 Å². The van der Waals surface area contributed by atoms with Crippen LogP contribution in [0.25, 0.3) is 0 Å². The van der Waals surface area contributed by atoms with E-state index < -0.39 is 29.7 Å². The van der Waals surface area contributed by atoms with Gasteiger partial charge in [-0.05, 0) is 44.9 Å². The molecule has 1 saturated heterocycles. The standard InChI is InChI=1S/C20H26FN3O5/c1-5-6-23-16(25)8-12-7-13(9-15(21)17(12)23)24-11-14(28-19(24)27)10-22-18(26)29-20(2,3)4/h7,9,14H,5-6,8,10-11H2,1-4H3,(H,22,26)/t14-/m0/s1. The van der Waals surface area contributed by atoms with Crippen LogP contribution in [0.1, 0.15) is 39.7 Å². The van der Waals surface area contributed by atoms with Crippen LogP contribution < -0.4 is 15.1 Å². The molecule has 0 saturated carbocycles. The largest absolute Gasteiger partial charge is 0.444 e. The zero-order valence-electron chi connectivity index (χ0n) is 17.1. The van der Waals surface area contributed by atoms with Crippen LogP contribution in [0.2, 0.25) is 0 Å². The normalized spacial score (nSPS) is 18.7. The number of amides is 3. The summed E-state index contributed by atoms with van der Waals surface area (Å²) in [7, 11) is 0. The number of nitrogens with zero attached hydrogens (tertiary/aromatic N) is 2. The molecule has 1 N–H and O–H groups in total. The van der Waals surface area contributed by atoms with Gasteiger partial charge in [-0.25, -0.2) is 14.0 Å². The number of halogens is 1. The van der Waals surface area contributed by atoms with E-state index in [0.717, 1.165) is 6.42 Å². The Labute approximate surface area is 168 Å². The summed E-state index contributed by atoms with van der Waals surface area (Å²) in [5.41, 5.74) is 0.545. The Morgan fingerprint density at radius 1 is 1.34 bits per heavy atom. The molecule has 158 valence electrons. The van der Waals surface area contributed by atoms with Crippen molar-refractivity contribution in [2.45, 2.75) is 52.2 Å². The summed E-state index contributed by atoms with van der Waals surface area (Å²) < 4.78 is 25.2. The van der Waals surface area contributed by atoms with Crippen LogP contribution in [0.4, 0.5) is 25.4 Å². The summed E-state index contributed by atoms with van der Waals surface area (Å²) in [5, 5.41) is 2.56. The van der Waals surface area contributed by atoms with Gasteiger partial charge in [0.25, 0.3) is 0 Å². The van der Waals surface area contributed by atoms with E-state index in [2.05, 4.69) is 5.32 Å². The third kappa shape index (κ3) is 4.60. The van der Waals surface area contributed by atoms with Crippen molar-refractivity contribution >= 4 is 29.5 Å². The van der Waals surface area contributed by atoms with Gasteiger partial charge in [0.2, 0.25) is 5.91 Å². The molecule has 2 heterocycles. The second-order valence-electron chi connectivity index (χ2n) is 8.16. The Kier molecular flexibility index (Phi) is 5.68. The molecule has 0 spiro atoms. The molecule has 0 radical (unpaired) electrons. The van der Waals surface area contributed by atoms with Crippen LogP contribution in [0.15, 0.2) is 12.1 Å². The minimum absolute atomic E-state index is 0.0767. The van der Waals surface area contributed by atoms with Crippen LogP contribution in [-0.2, 0) is 20.7 Å². The number of carbonyl (C=O) groups excluding carboxylic acids is 3. The number of nitrogens with one attached hydrogen (secondary N) is 1. The third-order valence-corrected chi connectivity index (χ3v) is 4.55. The molecule has 1 atom stereocenters. The minimum Gasteiger partial charge on any atom is -0.444 e. The van der Waals surface area contributed by atoms with Gasteiger partial charge in [-0.2, -0.15) is 0 Å². The van der Waals surface area contributed by atoms with Gasteiger partial charge in [-0.15, -0.1) is 0 Å². The first-order valence-corrected chi connectivity index (χ1v) is 9.67. The van der Waals surface area contributed by atoms with E-state index in [9.17, 15) is 18.8 Å². The molecule has 2 aliphatic heterocycles. The predicted octanol–water partition coefficient (Wildman–Crippen LogP) is 2.97. The van der Waals surface area contributed by atoms with E-state index in [4.69, 9.17) is 9.47 Å². The zero-order chi connectivity index (χ0) is 21.3. The number of hydrogen-bond donors (Lipinski definition) is 1. The average molecular weight is 407 g/mol. The van der Waals surface area contributed by atoms with Crippen LogP contribution in [0.3, 0.4) is 0 Å². The van der Waals surface area contributed by atoms with Gasteiger partial charge in [0.05, 0.1) is 30.9 Å². The topological polar surface area (TPSA) is 88.2 Å². The molecule has 8 nitrogen and oxygen atoms in total. The van der Waals surface area contributed by atoms with E-state index in [-0.39, 0.29) is 31.1 Å². The maximum Gasteiger partial charge on any atom is 0.414 e. The fraction of sp³-hybridized carbons (Fsp3) is 0.550. The fourth-order valence-electron chi connectivity index (χ4n) is 3.43. The van der Waals surface area contributed by atoms with Crippen molar-refractivity contribution in [1.82, 2.24) is 5.32 Å². The number of ether oxygens (including phenoxy) is 2. The third-order valence-electron chi connectivity index (χ3n) is 4.55. The second-order valence-corrected chi connectivity index (χ2v) is 8.16. The van der Waals surface area contributed by atoms with Crippen molar-refractivity contribution in [3.8, 4) is 0 Å². The molecule has 0 aliphatic carbocycles. The van der Waals surface area contributed by atoms with Crippen molar-refractivity contribution in [2.75, 3.05) is 29.4 Å². The maximum atomic E-state index is 14.7. The summed E-state index contributed by atoms with van der Waals surface area (Å²) in [6.07, 6.45) is -1.01. The van der Waals surface area contributed by atoms with Crippen LogP contribution in [0.5, 0.6) is 0 Å². The first-order chi connectivity index (χ1) is 13.6. The van der Waals surface area contributed by atoms with E-state index in [1.165, 1.54) is 15.9 Å². The quantitative estimate of drug-likeness (QED) is 0.811. The minimum atomic E-state index is -0.631. The number of carbonyl (C=O) groups is 3. The Bertz CT molecular complexity index is 836. The van der Waals surface area contributed by atoms with E-state index in [1.54, 1.807) is 26.8 Å². The van der Waals surface area contributed by atoms with Crippen molar-refractivity contribution in [3.05, 3.63) is 23.5 Å². The predicted molar refractivity (Wildman–Crippen MR) is 105 cm³/mol. The van der Waals surface area contributed by atoms with Crippen LogP contribution in [0, 0.1) is 5.82 Å². The molecule has 29 heavy (non-hydrogen) atoms. The first-order valence-electron chi connectivity index (χ1n) is 9.67. The highest BCUT2D eigenvalue weighted by Crippen LogP contribution is 2.36. The average Bonchev–Trinajstić information content (AvgIpc) is 3.12. The van der Waals surface area contributed by atoms with E-state index >= 15 is 0 Å². The van der Waals surface area contributed by atoms with Gasteiger partial charge >= 0.3 is 12.2 Å². The van der Waals surface area contributed by atoms with Gasteiger partial charge in [0, 0.05) is 6.54 Å². The summed E-state index contributed by atoms with van der Waals surface area (Å²) in [4.78, 5) is 38.9. The monoisotopic (exact) mass is 407 g/mol. The Balaban J connectivity index is 1.68. The summed E-state index contributed by atoms with van der Waals surface area (Å²) in [5.74, 6) is -0.693. The number of hydrogen-bond acceptors (Lipinski definition) is 5. The molecule has 0 aromatic heterocycles. The number of benzene rings is 1. The molecule has 1 fully saturated rings. The second kappa shape index (κ2) is 7.88. The molecule has 2 aliphatic rings. The lowest BCUT2D eigenvalue weighted by Gasteiger charge is -2.20. The van der Waals surface area contributed by atoms with E-state index in [1.807, 2.05) is 6.92 Å². The highest BCUT2D eigenvalue weighted by Gasteiger charge is 2.36. The Morgan fingerprint density at radius 3 is 2.72 bits per heavy atom. The highest BCUT2D eigenvalue weighted by atomic mass is 19.1. The fourth-order valence-corrected chi connectivity index (χ4v) is 3.43. The maximum absolute atomic E-state index is 14.7. The summed E-state index contributed by atoms with van der Waals surface area (Å²) in [6, 6.07) is 2.89. The van der Waals surface area contributed by atoms with Crippen LogP contribution >= 0.6 is 0 Å². The molecular weight excluding hydrogens is 381 g/mol. The van der Waals surface area contributed by atoms with Crippen molar-refractivity contribution < 1.29 is 28.2 Å². The van der Waals surface area contributed by atoms with E-state index in [0.29, 0.717) is 17.8 Å². The highest BCUT2D eigenvalue weighted by molar-refractivity contribution is 6.02. The molecule has 1 aromatic rings. The molecule has 0 unspecified atom stereocenters. The molecule has 3 rings (SSSR count). The number of anilines is 2. The SMILES string of the molecule is CCCN1C(=O)Cc2cc(N3C[C@H](CNC(=O)OC(C)(C)C)OC3=O)cc(F)c21. The van der Waals surface area contributed by atoms with Crippen LogP contribution in [-0.4, -0.2) is 49.4 Å². The van der Waals surface area contributed by atoms with Crippen molar-refractivity contribution in [2.24, 2.45) is 0 Å². The van der Waals surface area contributed by atoms with Gasteiger partial charge in [-0.1, -0.05) is 6.92 Å². The lowest BCUT2D eigenvalue weighted by Crippen LogP contribution is -2.38. The lowest BCUT2D eigenvalue weighted by molar-refractivity contribution is -0.117. The molecule has 9 heteroatoms. The zero-order valence-corrected chi connectivity index (χ0v) is 17.1. The molecule has 1 aromatic carbocycles. The summed E-state index contributed by atoms with van der Waals surface area (Å²) in [6.45, 7) is 7.85. The Hall–Kier alpha value is -2.84. The molecular formula is C20H26FN3O5. The number of cyclic esters (lactones) is 1. The van der Waals surface area contributed by atoms with Gasteiger partial charge in [0.15, 0.2) is 0 Å². The Morgan fingerprint density at radius 2 is 2.07 bits per heavy atom. The van der Waals surface area contributed by atoms with Crippen molar-refractivity contribution in [3.63, 3.8) is 0 Å². The number of rotatable bonds is 5. The lowest BCUT2D eigenvalue weighted by atomic mass is 10.1. The van der Waals surface area contributed by atoms with Crippen molar-refractivity contribution in [1.29, 1.82) is 0 Å². The number of fused-ring (bicyclic) bond motifs is 1.